The van der Waals surface area contributed by atoms with Gasteiger partial charge in [-0.05, 0) is 37.5 Å². The Morgan fingerprint density at radius 2 is 2.04 bits per heavy atom. The molecule has 0 aliphatic carbocycles. The minimum atomic E-state index is -0.253. The molecule has 1 saturated heterocycles. The van der Waals surface area contributed by atoms with Crippen LogP contribution in [-0.2, 0) is 6.54 Å². The van der Waals surface area contributed by atoms with Crippen molar-refractivity contribution in [3.63, 3.8) is 0 Å². The van der Waals surface area contributed by atoms with Gasteiger partial charge in [0.2, 0.25) is 0 Å². The highest BCUT2D eigenvalue weighted by molar-refractivity contribution is 5.40. The molecule has 0 bridgehead atoms. The number of hydrogen-bond donors (Lipinski definition) is 1. The Labute approximate surface area is 142 Å². The van der Waals surface area contributed by atoms with Gasteiger partial charge in [-0.3, -0.25) is 0 Å². The molecule has 0 saturated carbocycles. The van der Waals surface area contributed by atoms with Gasteiger partial charge in [0.1, 0.15) is 17.4 Å². The first-order chi connectivity index (χ1) is 11.7. The monoisotopic (exact) mass is 329 g/mol. The molecule has 1 aliphatic rings. The molecule has 4 nitrogen and oxygen atoms in total. The molecule has 0 radical (unpaired) electrons. The highest BCUT2D eigenvalue weighted by atomic mass is 19.1. The van der Waals surface area contributed by atoms with Gasteiger partial charge in [-0.25, -0.2) is 9.37 Å². The maximum atomic E-state index is 14.1. The number of nitrogens with zero attached hydrogens (tertiary/aromatic N) is 2. The fourth-order valence-electron chi connectivity index (χ4n) is 3.02. The third-order valence-electron chi connectivity index (χ3n) is 4.53. The van der Waals surface area contributed by atoms with Crippen molar-refractivity contribution in [1.82, 2.24) is 10.3 Å². The van der Waals surface area contributed by atoms with Crippen molar-refractivity contribution in [2.45, 2.75) is 32.4 Å². The molecule has 0 spiro atoms. The van der Waals surface area contributed by atoms with E-state index in [1.807, 2.05) is 13.1 Å². The summed E-state index contributed by atoms with van der Waals surface area (Å²) in [5, 5.41) is 3.35. The molecule has 2 aromatic rings. The number of aromatic nitrogens is 1. The summed E-state index contributed by atoms with van der Waals surface area (Å²) in [7, 11) is 1.54. The number of methoxy groups -OCH3 is 1. The molecule has 1 aromatic carbocycles. The van der Waals surface area contributed by atoms with E-state index in [0.717, 1.165) is 24.5 Å². The maximum absolute atomic E-state index is 14.1. The van der Waals surface area contributed by atoms with Gasteiger partial charge in [0.15, 0.2) is 0 Å². The van der Waals surface area contributed by atoms with Crippen LogP contribution in [0.1, 0.15) is 36.9 Å². The average molecular weight is 329 g/mol. The summed E-state index contributed by atoms with van der Waals surface area (Å²) in [6.45, 7) is 4.80. The van der Waals surface area contributed by atoms with Gasteiger partial charge in [-0.15, -0.1) is 0 Å². The van der Waals surface area contributed by atoms with Crippen LogP contribution in [0.25, 0.3) is 0 Å². The van der Waals surface area contributed by atoms with Crippen molar-refractivity contribution < 1.29 is 9.13 Å². The van der Waals surface area contributed by atoms with E-state index in [4.69, 9.17) is 4.74 Å². The Hall–Kier alpha value is -2.14. The van der Waals surface area contributed by atoms with Crippen molar-refractivity contribution in [3.05, 3.63) is 53.5 Å². The van der Waals surface area contributed by atoms with Crippen LogP contribution in [0.4, 0.5) is 10.2 Å². The molecular weight excluding hydrogens is 305 g/mol. The predicted molar refractivity (Wildman–Crippen MR) is 93.9 cm³/mol. The highest BCUT2D eigenvalue weighted by Gasteiger charge is 2.14. The molecule has 1 fully saturated rings. The van der Waals surface area contributed by atoms with Gasteiger partial charge in [-0.1, -0.05) is 12.1 Å². The van der Waals surface area contributed by atoms with E-state index >= 15 is 0 Å². The number of halogens is 1. The largest absolute Gasteiger partial charge is 0.497 e. The van der Waals surface area contributed by atoms with Crippen LogP contribution in [0.5, 0.6) is 5.75 Å². The summed E-state index contributed by atoms with van der Waals surface area (Å²) in [6.07, 6.45) is 4.39. The number of ether oxygens (including phenoxy) is 1. The lowest BCUT2D eigenvalue weighted by Crippen LogP contribution is -2.20. The number of hydrogen-bond acceptors (Lipinski definition) is 4. The summed E-state index contributed by atoms with van der Waals surface area (Å²) in [5.41, 5.74) is 1.73. The second kappa shape index (κ2) is 7.62. The van der Waals surface area contributed by atoms with E-state index in [0.29, 0.717) is 17.9 Å². The highest BCUT2D eigenvalue weighted by Crippen LogP contribution is 2.22. The van der Waals surface area contributed by atoms with Crippen molar-refractivity contribution in [3.8, 4) is 5.75 Å². The van der Waals surface area contributed by atoms with Crippen LogP contribution in [0.15, 0.2) is 36.5 Å². The molecule has 2 heterocycles. The Bertz CT molecular complexity index is 669. The molecule has 24 heavy (non-hydrogen) atoms. The van der Waals surface area contributed by atoms with E-state index < -0.39 is 0 Å². The van der Waals surface area contributed by atoms with Gasteiger partial charge >= 0.3 is 0 Å². The van der Waals surface area contributed by atoms with E-state index in [9.17, 15) is 4.39 Å². The van der Waals surface area contributed by atoms with E-state index in [1.54, 1.807) is 12.1 Å². The fourth-order valence-corrected chi connectivity index (χ4v) is 3.02. The summed E-state index contributed by atoms with van der Waals surface area (Å²) >= 11 is 0. The van der Waals surface area contributed by atoms with E-state index in [-0.39, 0.29) is 11.9 Å². The van der Waals surface area contributed by atoms with Crippen LogP contribution in [0.3, 0.4) is 0 Å². The zero-order chi connectivity index (χ0) is 16.9. The Kier molecular flexibility index (Phi) is 5.30. The van der Waals surface area contributed by atoms with Crippen LogP contribution < -0.4 is 15.0 Å². The first kappa shape index (κ1) is 16.7. The topological polar surface area (TPSA) is 37.4 Å². The third kappa shape index (κ3) is 3.85. The molecule has 128 valence electrons. The van der Waals surface area contributed by atoms with Gasteiger partial charge in [0.05, 0.1) is 7.11 Å². The number of anilines is 1. The normalized spacial score (nSPS) is 15.5. The van der Waals surface area contributed by atoms with E-state index in [2.05, 4.69) is 27.3 Å². The minimum Gasteiger partial charge on any atom is -0.497 e. The fraction of sp³-hybridized carbons (Fsp3) is 0.421. The molecular formula is C19H24FN3O. The first-order valence-corrected chi connectivity index (χ1v) is 8.44. The van der Waals surface area contributed by atoms with Crippen molar-refractivity contribution in [2.75, 3.05) is 25.1 Å². The minimum absolute atomic E-state index is 0.0887. The van der Waals surface area contributed by atoms with Crippen molar-refractivity contribution in [2.24, 2.45) is 0 Å². The van der Waals surface area contributed by atoms with Gasteiger partial charge in [-0.2, -0.15) is 0 Å². The van der Waals surface area contributed by atoms with Crippen LogP contribution in [0.2, 0.25) is 0 Å². The molecule has 1 atom stereocenters. The lowest BCUT2D eigenvalue weighted by Gasteiger charge is -2.18. The Balaban J connectivity index is 1.58. The Morgan fingerprint density at radius 1 is 1.25 bits per heavy atom. The zero-order valence-electron chi connectivity index (χ0n) is 14.3. The molecule has 5 heteroatoms. The smallest absolute Gasteiger partial charge is 0.131 e. The van der Waals surface area contributed by atoms with Gasteiger partial charge in [0, 0.05) is 43.5 Å². The van der Waals surface area contributed by atoms with Crippen LogP contribution >= 0.6 is 0 Å². The lowest BCUT2D eigenvalue weighted by molar-refractivity contribution is 0.409. The third-order valence-corrected chi connectivity index (χ3v) is 4.53. The Morgan fingerprint density at radius 3 is 2.67 bits per heavy atom. The van der Waals surface area contributed by atoms with Gasteiger partial charge in [0.25, 0.3) is 0 Å². The molecule has 0 unspecified atom stereocenters. The second-order valence-corrected chi connectivity index (χ2v) is 6.21. The van der Waals surface area contributed by atoms with E-state index in [1.165, 1.54) is 26.0 Å². The van der Waals surface area contributed by atoms with Crippen molar-refractivity contribution in [1.29, 1.82) is 0 Å². The number of benzene rings is 1. The summed E-state index contributed by atoms with van der Waals surface area (Å²) < 4.78 is 19.1. The zero-order valence-corrected chi connectivity index (χ0v) is 14.3. The second-order valence-electron chi connectivity index (χ2n) is 6.21. The molecule has 1 N–H and O–H groups in total. The standard InChI is InChI=1S/C19H24FN3O/c1-14(17-7-6-16(24-2)11-18(17)20)21-12-15-5-8-19(22-13-15)23-9-3-4-10-23/h5-8,11,13-14,21H,3-4,9-10,12H2,1-2H3/t14-/m1/s1. The van der Waals surface area contributed by atoms with Crippen molar-refractivity contribution >= 4 is 5.82 Å². The predicted octanol–water partition coefficient (Wildman–Crippen LogP) is 3.68. The molecule has 0 amide bonds. The molecule has 1 aromatic heterocycles. The number of rotatable bonds is 6. The summed E-state index contributed by atoms with van der Waals surface area (Å²) in [6, 6.07) is 9.03. The quantitative estimate of drug-likeness (QED) is 0.877. The summed E-state index contributed by atoms with van der Waals surface area (Å²) in [5.74, 6) is 1.33. The molecule has 1 aliphatic heterocycles. The van der Waals surface area contributed by atoms with Gasteiger partial charge < -0.3 is 15.0 Å². The average Bonchev–Trinajstić information content (AvgIpc) is 3.14. The van der Waals surface area contributed by atoms with Crippen LogP contribution in [-0.4, -0.2) is 25.2 Å². The maximum Gasteiger partial charge on any atom is 0.131 e. The molecule has 3 rings (SSSR count). The lowest BCUT2D eigenvalue weighted by atomic mass is 10.1. The first-order valence-electron chi connectivity index (χ1n) is 8.44. The number of pyridine rings is 1. The SMILES string of the molecule is COc1ccc([C@@H](C)NCc2ccc(N3CCCC3)nc2)c(F)c1. The van der Waals surface area contributed by atoms with Crippen LogP contribution in [0, 0.1) is 5.82 Å². The summed E-state index contributed by atoms with van der Waals surface area (Å²) in [4.78, 5) is 6.86. The number of nitrogens with one attached hydrogen (secondary N) is 1.